The Hall–Kier alpha value is -3.59. The molecule has 4 aromatic carbocycles. The second-order valence-electron chi connectivity index (χ2n) is 7.74. The molecule has 0 saturated carbocycles. The highest BCUT2D eigenvalue weighted by atomic mass is 16.2. The molecule has 4 aromatic rings. The van der Waals surface area contributed by atoms with Gasteiger partial charge in [0.1, 0.15) is 5.78 Å². The molecule has 0 amide bonds. The number of benzene rings is 4. The molecular formula is C28H24O3. The van der Waals surface area contributed by atoms with Crippen molar-refractivity contribution < 1.29 is 14.4 Å². The van der Waals surface area contributed by atoms with Crippen LogP contribution in [0.4, 0.5) is 0 Å². The molecule has 0 atom stereocenters. The lowest BCUT2D eigenvalue weighted by atomic mass is 9.81. The monoisotopic (exact) mass is 408 g/mol. The fourth-order valence-corrected chi connectivity index (χ4v) is 4.24. The highest BCUT2D eigenvalue weighted by molar-refractivity contribution is 6.37. The molecule has 0 aliphatic carbocycles. The summed E-state index contributed by atoms with van der Waals surface area (Å²) in [5, 5.41) is 4.17. The van der Waals surface area contributed by atoms with Crippen LogP contribution in [0, 0.1) is 0 Å². The van der Waals surface area contributed by atoms with Gasteiger partial charge in [-0.1, -0.05) is 91.9 Å². The molecular weight excluding hydrogens is 384 g/mol. The van der Waals surface area contributed by atoms with Crippen molar-refractivity contribution in [3.63, 3.8) is 0 Å². The highest BCUT2D eigenvalue weighted by Crippen LogP contribution is 2.36. The van der Waals surface area contributed by atoms with E-state index in [1.165, 1.54) is 0 Å². The Morgan fingerprint density at radius 1 is 0.613 bits per heavy atom. The van der Waals surface area contributed by atoms with Gasteiger partial charge in [-0.05, 0) is 32.7 Å². The second-order valence-corrected chi connectivity index (χ2v) is 7.74. The van der Waals surface area contributed by atoms with E-state index < -0.39 is 17.5 Å². The van der Waals surface area contributed by atoms with Crippen molar-refractivity contribution >= 4 is 38.9 Å². The highest BCUT2D eigenvalue weighted by Gasteiger charge is 2.27. The van der Waals surface area contributed by atoms with E-state index in [2.05, 4.69) is 0 Å². The third-order valence-corrected chi connectivity index (χ3v) is 5.82. The van der Waals surface area contributed by atoms with E-state index in [1.807, 2.05) is 84.9 Å². The van der Waals surface area contributed by atoms with Crippen LogP contribution in [0.15, 0.2) is 84.9 Å². The van der Waals surface area contributed by atoms with Gasteiger partial charge in [-0.15, -0.1) is 0 Å². The van der Waals surface area contributed by atoms with Gasteiger partial charge in [-0.25, -0.2) is 0 Å². The zero-order valence-electron chi connectivity index (χ0n) is 17.5. The van der Waals surface area contributed by atoms with Crippen LogP contribution in [0.2, 0.25) is 0 Å². The SMILES string of the molecule is CCC(=O)C(=O)CCC(=O)C(c1cccc2ccccc12)c1cccc2ccccc12. The lowest BCUT2D eigenvalue weighted by Gasteiger charge is -2.21. The lowest BCUT2D eigenvalue weighted by molar-refractivity contribution is -0.137. The topological polar surface area (TPSA) is 51.2 Å². The van der Waals surface area contributed by atoms with Gasteiger partial charge in [-0.3, -0.25) is 14.4 Å². The molecule has 0 aliphatic rings. The van der Waals surface area contributed by atoms with Gasteiger partial charge in [0.2, 0.25) is 0 Å². The van der Waals surface area contributed by atoms with Crippen LogP contribution in [0.1, 0.15) is 43.2 Å². The number of hydrogen-bond donors (Lipinski definition) is 0. The first kappa shape index (κ1) is 20.7. The van der Waals surface area contributed by atoms with E-state index in [9.17, 15) is 14.4 Å². The van der Waals surface area contributed by atoms with Gasteiger partial charge >= 0.3 is 0 Å². The van der Waals surface area contributed by atoms with Gasteiger partial charge in [0.15, 0.2) is 11.6 Å². The van der Waals surface area contributed by atoms with Crippen molar-refractivity contribution in [2.45, 2.75) is 32.1 Å². The second kappa shape index (κ2) is 9.05. The number of carbonyl (C=O) groups is 3. The molecule has 0 aliphatic heterocycles. The summed E-state index contributed by atoms with van der Waals surface area (Å²) in [6, 6.07) is 28.0. The van der Waals surface area contributed by atoms with Crippen LogP contribution in [-0.4, -0.2) is 17.3 Å². The van der Waals surface area contributed by atoms with Crippen LogP contribution >= 0.6 is 0 Å². The molecule has 0 N–H and O–H groups in total. The first-order chi connectivity index (χ1) is 15.1. The minimum Gasteiger partial charge on any atom is -0.299 e. The largest absolute Gasteiger partial charge is 0.299 e. The maximum absolute atomic E-state index is 13.6. The van der Waals surface area contributed by atoms with E-state index in [0.29, 0.717) is 0 Å². The zero-order valence-corrected chi connectivity index (χ0v) is 17.5. The summed E-state index contributed by atoms with van der Waals surface area (Å²) < 4.78 is 0. The molecule has 0 saturated heterocycles. The molecule has 0 bridgehead atoms. The van der Waals surface area contributed by atoms with Gasteiger partial charge in [0.05, 0.1) is 5.92 Å². The molecule has 0 aromatic heterocycles. The van der Waals surface area contributed by atoms with Gasteiger partial charge < -0.3 is 0 Å². The number of rotatable bonds is 8. The first-order valence-electron chi connectivity index (χ1n) is 10.6. The van der Waals surface area contributed by atoms with Crippen molar-refractivity contribution in [2.24, 2.45) is 0 Å². The minimum absolute atomic E-state index is 0.0433. The first-order valence-corrected chi connectivity index (χ1v) is 10.6. The average Bonchev–Trinajstić information content (AvgIpc) is 2.82. The number of hydrogen-bond acceptors (Lipinski definition) is 3. The Morgan fingerprint density at radius 2 is 1.10 bits per heavy atom. The smallest absolute Gasteiger partial charge is 0.198 e. The Balaban J connectivity index is 1.84. The van der Waals surface area contributed by atoms with Crippen molar-refractivity contribution in [2.75, 3.05) is 0 Å². The quantitative estimate of drug-likeness (QED) is 0.335. The van der Waals surface area contributed by atoms with Crippen LogP contribution in [0.25, 0.3) is 21.5 Å². The lowest BCUT2D eigenvalue weighted by Crippen LogP contribution is -2.19. The summed E-state index contributed by atoms with van der Waals surface area (Å²) in [6.07, 6.45) is 0.169. The van der Waals surface area contributed by atoms with Crippen LogP contribution in [0.3, 0.4) is 0 Å². The Morgan fingerprint density at radius 3 is 1.61 bits per heavy atom. The van der Waals surface area contributed by atoms with E-state index in [4.69, 9.17) is 0 Å². The van der Waals surface area contributed by atoms with Crippen molar-refractivity contribution in [3.05, 3.63) is 96.1 Å². The van der Waals surface area contributed by atoms with Crippen molar-refractivity contribution in [3.8, 4) is 0 Å². The summed E-state index contributed by atoms with van der Waals surface area (Å²) in [6.45, 7) is 1.66. The Bertz CT molecular complexity index is 1200. The van der Waals surface area contributed by atoms with Gasteiger partial charge in [0.25, 0.3) is 0 Å². The fourth-order valence-electron chi connectivity index (χ4n) is 4.24. The number of carbonyl (C=O) groups excluding carboxylic acids is 3. The van der Waals surface area contributed by atoms with Crippen LogP contribution in [-0.2, 0) is 14.4 Å². The molecule has 0 spiro atoms. The molecule has 0 radical (unpaired) electrons. The van der Waals surface area contributed by atoms with E-state index in [1.54, 1.807) is 6.92 Å². The van der Waals surface area contributed by atoms with Gasteiger partial charge in [0, 0.05) is 19.3 Å². The van der Waals surface area contributed by atoms with Gasteiger partial charge in [-0.2, -0.15) is 0 Å². The maximum Gasteiger partial charge on any atom is 0.198 e. The number of fused-ring (bicyclic) bond motifs is 2. The van der Waals surface area contributed by atoms with E-state index in [-0.39, 0.29) is 25.0 Å². The fraction of sp³-hybridized carbons (Fsp3) is 0.179. The molecule has 4 rings (SSSR count). The predicted molar refractivity (Wildman–Crippen MR) is 124 cm³/mol. The maximum atomic E-state index is 13.6. The molecule has 0 heterocycles. The molecule has 3 heteroatoms. The normalized spacial score (nSPS) is 11.2. The summed E-state index contributed by atoms with van der Waals surface area (Å²) in [7, 11) is 0. The molecule has 0 unspecified atom stereocenters. The third kappa shape index (κ3) is 4.17. The van der Waals surface area contributed by atoms with E-state index >= 15 is 0 Å². The van der Waals surface area contributed by atoms with Crippen LogP contribution < -0.4 is 0 Å². The summed E-state index contributed by atoms with van der Waals surface area (Å²) in [5.41, 5.74) is 1.85. The molecule has 3 nitrogen and oxygen atoms in total. The number of ketones is 3. The van der Waals surface area contributed by atoms with Crippen LogP contribution in [0.5, 0.6) is 0 Å². The van der Waals surface area contributed by atoms with Crippen molar-refractivity contribution in [1.82, 2.24) is 0 Å². The van der Waals surface area contributed by atoms with Crippen molar-refractivity contribution in [1.29, 1.82) is 0 Å². The Labute approximate surface area is 181 Å². The molecule has 154 valence electrons. The van der Waals surface area contributed by atoms with E-state index in [0.717, 1.165) is 32.7 Å². The summed E-state index contributed by atoms with van der Waals surface area (Å²) in [5.74, 6) is -1.45. The summed E-state index contributed by atoms with van der Waals surface area (Å²) >= 11 is 0. The Kier molecular flexibility index (Phi) is 6.03. The minimum atomic E-state index is -0.512. The number of Topliss-reactive ketones (excluding diaryl/α,β-unsaturated/α-hetero) is 3. The molecule has 0 fully saturated rings. The average molecular weight is 408 g/mol. The third-order valence-electron chi connectivity index (χ3n) is 5.82. The standard InChI is InChI=1S/C28H24O3/c1-2-25(29)26(30)17-18-27(31)28(23-15-7-11-19-9-3-5-13-21(19)23)24-16-8-12-20-10-4-6-14-22(20)24/h3-16,28H,2,17-18H2,1H3. The predicted octanol–water partition coefficient (Wildman–Crippen LogP) is 6.02. The molecule has 31 heavy (non-hydrogen) atoms. The zero-order chi connectivity index (χ0) is 21.8. The summed E-state index contributed by atoms with van der Waals surface area (Å²) in [4.78, 5) is 37.4.